The fourth-order valence-corrected chi connectivity index (χ4v) is 1.47. The van der Waals surface area contributed by atoms with Crippen LogP contribution in [0.5, 0.6) is 0 Å². The molecule has 3 atom stereocenters. The van der Waals surface area contributed by atoms with Crippen LogP contribution in [0.2, 0.25) is 0 Å². The van der Waals surface area contributed by atoms with Gasteiger partial charge in [-0.05, 0) is 12.8 Å². The average Bonchev–Trinajstić information content (AvgIpc) is 2.73. The van der Waals surface area contributed by atoms with Crippen LogP contribution in [0.15, 0.2) is 0 Å². The van der Waals surface area contributed by atoms with Crippen molar-refractivity contribution < 1.29 is 24.5 Å². The predicted molar refractivity (Wildman–Crippen MR) is 53.6 cm³/mol. The number of aliphatic hydroxyl groups is 1. The number of hydrogen-bond acceptors (Lipinski definition) is 5. The number of carboxylic acid groups (broad SMARTS) is 1. The lowest BCUT2D eigenvalue weighted by molar-refractivity contribution is -0.146. The molecule has 5 N–H and O–H groups in total. The Balaban J connectivity index is 2.28. The van der Waals surface area contributed by atoms with Gasteiger partial charge in [-0.3, -0.25) is 4.79 Å². The molecular formula is C9H16N2O5. The molecule has 1 saturated heterocycles. The number of aliphatic carboxylic acids is 1. The molecule has 1 aliphatic rings. The molecule has 1 aliphatic heterocycles. The monoisotopic (exact) mass is 232 g/mol. The summed E-state index contributed by atoms with van der Waals surface area (Å²) in [5.74, 6) is -1.77. The van der Waals surface area contributed by atoms with E-state index in [9.17, 15) is 9.59 Å². The minimum Gasteiger partial charge on any atom is -0.479 e. The molecule has 1 amide bonds. The van der Waals surface area contributed by atoms with Crippen molar-refractivity contribution in [1.82, 2.24) is 5.32 Å². The third kappa shape index (κ3) is 3.44. The zero-order valence-electron chi connectivity index (χ0n) is 8.76. The molecule has 0 aromatic heterocycles. The summed E-state index contributed by atoms with van der Waals surface area (Å²) >= 11 is 0. The highest BCUT2D eigenvalue weighted by atomic mass is 16.5. The van der Waals surface area contributed by atoms with Crippen LogP contribution in [0.1, 0.15) is 12.8 Å². The van der Waals surface area contributed by atoms with E-state index in [1.165, 1.54) is 0 Å². The third-order valence-electron chi connectivity index (χ3n) is 2.42. The summed E-state index contributed by atoms with van der Waals surface area (Å²) in [6.45, 7) is 0.0445. The van der Waals surface area contributed by atoms with Gasteiger partial charge in [0, 0.05) is 6.54 Å². The van der Waals surface area contributed by atoms with Crippen molar-refractivity contribution in [2.24, 2.45) is 5.73 Å². The number of nitrogens with two attached hydrogens (primary N) is 1. The van der Waals surface area contributed by atoms with Gasteiger partial charge in [0.15, 0.2) is 6.10 Å². The van der Waals surface area contributed by atoms with Crippen LogP contribution in [-0.4, -0.2) is 53.5 Å². The second-order valence-corrected chi connectivity index (χ2v) is 3.66. The van der Waals surface area contributed by atoms with E-state index in [2.05, 4.69) is 5.32 Å². The maximum Gasteiger partial charge on any atom is 0.334 e. The summed E-state index contributed by atoms with van der Waals surface area (Å²) < 4.78 is 5.30. The third-order valence-corrected chi connectivity index (χ3v) is 2.42. The van der Waals surface area contributed by atoms with Crippen LogP contribution >= 0.6 is 0 Å². The number of carbonyl (C=O) groups is 2. The van der Waals surface area contributed by atoms with E-state index >= 15 is 0 Å². The van der Waals surface area contributed by atoms with Crippen molar-refractivity contribution in [3.63, 3.8) is 0 Å². The second-order valence-electron chi connectivity index (χ2n) is 3.66. The van der Waals surface area contributed by atoms with E-state index in [1.807, 2.05) is 0 Å². The molecule has 0 radical (unpaired) electrons. The van der Waals surface area contributed by atoms with Crippen LogP contribution in [0.4, 0.5) is 0 Å². The molecule has 0 saturated carbocycles. The minimum atomic E-state index is -1.59. The molecule has 92 valence electrons. The topological polar surface area (TPSA) is 122 Å². The zero-order valence-corrected chi connectivity index (χ0v) is 8.76. The zero-order chi connectivity index (χ0) is 12.1. The Morgan fingerprint density at radius 3 is 2.69 bits per heavy atom. The standard InChI is InChI=1S/C9H16N2O5/c10-3-5-1-2-7(16-5)8(13)11-4-6(12)9(14)15/h5-7,12H,1-4,10H2,(H,11,13)(H,14,15). The lowest BCUT2D eigenvalue weighted by atomic mass is 10.2. The molecule has 1 rings (SSSR count). The van der Waals surface area contributed by atoms with Crippen molar-refractivity contribution in [3.05, 3.63) is 0 Å². The molecule has 7 nitrogen and oxygen atoms in total. The molecular weight excluding hydrogens is 216 g/mol. The predicted octanol–water partition coefficient (Wildman–Crippen LogP) is -1.95. The van der Waals surface area contributed by atoms with Gasteiger partial charge in [-0.1, -0.05) is 0 Å². The van der Waals surface area contributed by atoms with Crippen LogP contribution in [0, 0.1) is 0 Å². The van der Waals surface area contributed by atoms with Crippen molar-refractivity contribution >= 4 is 11.9 Å². The van der Waals surface area contributed by atoms with E-state index in [4.69, 9.17) is 20.7 Å². The van der Waals surface area contributed by atoms with Gasteiger partial charge in [0.2, 0.25) is 5.91 Å². The number of rotatable bonds is 5. The summed E-state index contributed by atoms with van der Waals surface area (Å²) in [6, 6.07) is 0. The van der Waals surface area contributed by atoms with E-state index < -0.39 is 24.1 Å². The lowest BCUT2D eigenvalue weighted by Gasteiger charge is -2.13. The number of nitrogens with one attached hydrogen (secondary N) is 1. The number of carboxylic acids is 1. The smallest absolute Gasteiger partial charge is 0.334 e. The molecule has 0 aliphatic carbocycles. The fraction of sp³-hybridized carbons (Fsp3) is 0.778. The van der Waals surface area contributed by atoms with Gasteiger partial charge in [0.1, 0.15) is 6.10 Å². The average molecular weight is 232 g/mol. The normalized spacial score (nSPS) is 26.4. The highest BCUT2D eigenvalue weighted by Gasteiger charge is 2.30. The van der Waals surface area contributed by atoms with Crippen molar-refractivity contribution in [2.75, 3.05) is 13.1 Å². The summed E-state index contributed by atoms with van der Waals surface area (Å²) in [6.07, 6.45) is -1.00. The Morgan fingerprint density at radius 2 is 2.19 bits per heavy atom. The van der Waals surface area contributed by atoms with Crippen LogP contribution < -0.4 is 11.1 Å². The van der Waals surface area contributed by atoms with Gasteiger partial charge in [-0.25, -0.2) is 4.79 Å². The Bertz CT molecular complexity index is 271. The van der Waals surface area contributed by atoms with Crippen LogP contribution in [-0.2, 0) is 14.3 Å². The van der Waals surface area contributed by atoms with Gasteiger partial charge < -0.3 is 26.0 Å². The maximum absolute atomic E-state index is 11.5. The van der Waals surface area contributed by atoms with E-state index in [-0.39, 0.29) is 12.6 Å². The number of carbonyl (C=O) groups excluding carboxylic acids is 1. The van der Waals surface area contributed by atoms with E-state index in [0.717, 1.165) is 6.42 Å². The minimum absolute atomic E-state index is 0.111. The van der Waals surface area contributed by atoms with Gasteiger partial charge in [-0.15, -0.1) is 0 Å². The molecule has 1 fully saturated rings. The molecule has 16 heavy (non-hydrogen) atoms. The molecule has 0 aromatic rings. The summed E-state index contributed by atoms with van der Waals surface area (Å²) in [5.41, 5.74) is 5.38. The Hall–Kier alpha value is -1.18. The Labute approximate surface area is 92.6 Å². The first-order chi connectivity index (χ1) is 7.54. The van der Waals surface area contributed by atoms with Crippen LogP contribution in [0.3, 0.4) is 0 Å². The Morgan fingerprint density at radius 1 is 1.50 bits per heavy atom. The SMILES string of the molecule is NCC1CCC(C(=O)NCC(O)C(=O)O)O1. The summed E-state index contributed by atoms with van der Waals surface area (Å²) in [5, 5.41) is 19.6. The summed E-state index contributed by atoms with van der Waals surface area (Å²) in [4.78, 5) is 21.7. The van der Waals surface area contributed by atoms with Crippen molar-refractivity contribution in [2.45, 2.75) is 31.2 Å². The quantitative estimate of drug-likeness (QED) is 0.437. The van der Waals surface area contributed by atoms with Gasteiger partial charge in [0.25, 0.3) is 0 Å². The molecule has 1 heterocycles. The van der Waals surface area contributed by atoms with Gasteiger partial charge in [-0.2, -0.15) is 0 Å². The largest absolute Gasteiger partial charge is 0.479 e. The number of hydrogen-bond donors (Lipinski definition) is 4. The van der Waals surface area contributed by atoms with Crippen molar-refractivity contribution in [3.8, 4) is 0 Å². The highest BCUT2D eigenvalue weighted by molar-refractivity contribution is 5.82. The lowest BCUT2D eigenvalue weighted by Crippen LogP contribution is -2.41. The molecule has 7 heteroatoms. The van der Waals surface area contributed by atoms with Crippen molar-refractivity contribution in [1.29, 1.82) is 0 Å². The fourth-order valence-electron chi connectivity index (χ4n) is 1.47. The molecule has 0 bridgehead atoms. The first-order valence-corrected chi connectivity index (χ1v) is 5.08. The number of ether oxygens (including phenoxy) is 1. The summed E-state index contributed by atoms with van der Waals surface area (Å²) in [7, 11) is 0. The van der Waals surface area contributed by atoms with Gasteiger partial charge >= 0.3 is 5.97 Å². The molecule has 0 spiro atoms. The highest BCUT2D eigenvalue weighted by Crippen LogP contribution is 2.18. The van der Waals surface area contributed by atoms with E-state index in [0.29, 0.717) is 13.0 Å². The Kier molecular flexibility index (Phi) is 4.66. The van der Waals surface area contributed by atoms with E-state index in [1.54, 1.807) is 0 Å². The van der Waals surface area contributed by atoms with Gasteiger partial charge in [0.05, 0.1) is 12.6 Å². The first kappa shape index (κ1) is 12.9. The number of aliphatic hydroxyl groups excluding tert-OH is 1. The maximum atomic E-state index is 11.5. The van der Waals surface area contributed by atoms with Crippen LogP contribution in [0.25, 0.3) is 0 Å². The first-order valence-electron chi connectivity index (χ1n) is 5.08. The molecule has 0 aromatic carbocycles. The second kappa shape index (κ2) is 5.78. The number of amides is 1. The molecule has 3 unspecified atom stereocenters.